The molecule has 2 rings (SSSR count). The van der Waals surface area contributed by atoms with Crippen molar-refractivity contribution in [2.45, 2.75) is 6.54 Å². The van der Waals surface area contributed by atoms with Crippen molar-refractivity contribution in [1.29, 1.82) is 0 Å². The average molecular weight is 226 g/mol. The summed E-state index contributed by atoms with van der Waals surface area (Å²) < 4.78 is 1.55. The standard InChI is InChI=1S/C10H12ClN3O/c1-12-5-6-3-8-9(4-7(6)11)14(2)10(15)13-8/h3-4,12H,5H2,1-2H3,(H,13,15). The molecule has 80 valence electrons. The SMILES string of the molecule is CNCc1cc2[nH]c(=O)n(C)c2cc1Cl. The van der Waals surface area contributed by atoms with Gasteiger partial charge in [-0.1, -0.05) is 11.6 Å². The highest BCUT2D eigenvalue weighted by molar-refractivity contribution is 6.32. The van der Waals surface area contributed by atoms with Gasteiger partial charge in [0, 0.05) is 18.6 Å². The summed E-state index contributed by atoms with van der Waals surface area (Å²) in [6, 6.07) is 3.71. The van der Waals surface area contributed by atoms with E-state index in [1.54, 1.807) is 11.6 Å². The molecule has 1 heterocycles. The van der Waals surface area contributed by atoms with Crippen molar-refractivity contribution >= 4 is 22.6 Å². The zero-order chi connectivity index (χ0) is 11.0. The Morgan fingerprint density at radius 2 is 2.27 bits per heavy atom. The molecule has 0 amide bonds. The third-order valence-electron chi connectivity index (χ3n) is 2.44. The summed E-state index contributed by atoms with van der Waals surface area (Å²) in [4.78, 5) is 14.1. The number of imidazole rings is 1. The second kappa shape index (κ2) is 3.72. The summed E-state index contributed by atoms with van der Waals surface area (Å²) in [5, 5.41) is 3.70. The molecule has 4 nitrogen and oxygen atoms in total. The summed E-state index contributed by atoms with van der Waals surface area (Å²) >= 11 is 6.09. The molecular formula is C10H12ClN3O. The molecule has 0 aliphatic rings. The van der Waals surface area contributed by atoms with E-state index in [1.807, 2.05) is 19.2 Å². The van der Waals surface area contributed by atoms with E-state index in [2.05, 4.69) is 10.3 Å². The zero-order valence-corrected chi connectivity index (χ0v) is 9.35. The first kappa shape index (κ1) is 10.3. The Bertz CT molecular complexity index is 556. The topological polar surface area (TPSA) is 49.8 Å². The second-order valence-electron chi connectivity index (χ2n) is 3.48. The van der Waals surface area contributed by atoms with Gasteiger partial charge in [-0.25, -0.2) is 4.79 Å². The lowest BCUT2D eigenvalue weighted by molar-refractivity contribution is 0.819. The predicted molar refractivity (Wildman–Crippen MR) is 61.3 cm³/mol. The molecule has 0 bridgehead atoms. The number of aromatic nitrogens is 2. The van der Waals surface area contributed by atoms with Gasteiger partial charge in [-0.15, -0.1) is 0 Å². The van der Waals surface area contributed by atoms with E-state index in [0.717, 1.165) is 16.6 Å². The maximum absolute atomic E-state index is 11.4. The number of rotatable bonds is 2. The van der Waals surface area contributed by atoms with Crippen molar-refractivity contribution in [3.8, 4) is 0 Å². The van der Waals surface area contributed by atoms with Gasteiger partial charge in [0.1, 0.15) is 0 Å². The van der Waals surface area contributed by atoms with Crippen molar-refractivity contribution in [1.82, 2.24) is 14.9 Å². The fraction of sp³-hybridized carbons (Fsp3) is 0.300. The number of benzene rings is 1. The van der Waals surface area contributed by atoms with Gasteiger partial charge in [0.05, 0.1) is 11.0 Å². The van der Waals surface area contributed by atoms with E-state index in [9.17, 15) is 4.79 Å². The summed E-state index contributed by atoms with van der Waals surface area (Å²) in [5.41, 5.74) is 2.50. The maximum atomic E-state index is 11.4. The molecule has 0 aliphatic heterocycles. The van der Waals surface area contributed by atoms with Gasteiger partial charge in [0.25, 0.3) is 0 Å². The summed E-state index contributed by atoms with van der Waals surface area (Å²) in [5.74, 6) is 0. The van der Waals surface area contributed by atoms with Crippen LogP contribution in [-0.4, -0.2) is 16.6 Å². The van der Waals surface area contributed by atoms with Crippen LogP contribution < -0.4 is 11.0 Å². The van der Waals surface area contributed by atoms with Crippen LogP contribution in [-0.2, 0) is 13.6 Å². The molecule has 0 atom stereocenters. The lowest BCUT2D eigenvalue weighted by atomic mass is 10.2. The molecular weight excluding hydrogens is 214 g/mol. The number of aryl methyl sites for hydroxylation is 1. The van der Waals surface area contributed by atoms with Gasteiger partial charge < -0.3 is 10.3 Å². The second-order valence-corrected chi connectivity index (χ2v) is 3.89. The molecule has 1 aromatic heterocycles. The van der Waals surface area contributed by atoms with Crippen molar-refractivity contribution in [3.63, 3.8) is 0 Å². The van der Waals surface area contributed by atoms with Crippen LogP contribution in [0.4, 0.5) is 0 Å². The van der Waals surface area contributed by atoms with Crippen LogP contribution in [0.1, 0.15) is 5.56 Å². The molecule has 5 heteroatoms. The zero-order valence-electron chi connectivity index (χ0n) is 8.60. The number of nitrogens with one attached hydrogen (secondary N) is 2. The van der Waals surface area contributed by atoms with Gasteiger partial charge in [0.2, 0.25) is 0 Å². The highest BCUT2D eigenvalue weighted by Gasteiger charge is 2.07. The third kappa shape index (κ3) is 1.66. The van der Waals surface area contributed by atoms with E-state index < -0.39 is 0 Å². The number of aromatic amines is 1. The van der Waals surface area contributed by atoms with Gasteiger partial charge in [-0.3, -0.25) is 4.57 Å². The number of halogens is 1. The van der Waals surface area contributed by atoms with E-state index >= 15 is 0 Å². The molecule has 0 radical (unpaired) electrons. The Labute approximate surface area is 91.9 Å². The van der Waals surface area contributed by atoms with Crippen LogP contribution in [0, 0.1) is 0 Å². The lowest BCUT2D eigenvalue weighted by Crippen LogP contribution is -2.11. The highest BCUT2D eigenvalue weighted by atomic mass is 35.5. The molecule has 0 spiro atoms. The molecule has 1 aromatic carbocycles. The maximum Gasteiger partial charge on any atom is 0.326 e. The van der Waals surface area contributed by atoms with Crippen molar-refractivity contribution in [2.24, 2.45) is 7.05 Å². The molecule has 0 fully saturated rings. The van der Waals surface area contributed by atoms with Gasteiger partial charge in [0.15, 0.2) is 0 Å². The minimum atomic E-state index is -0.123. The number of hydrogen-bond acceptors (Lipinski definition) is 2. The Balaban J connectivity index is 2.70. The predicted octanol–water partition coefficient (Wildman–Crippen LogP) is 1.24. The lowest BCUT2D eigenvalue weighted by Gasteiger charge is -2.03. The molecule has 0 unspecified atom stereocenters. The quantitative estimate of drug-likeness (QED) is 0.808. The molecule has 0 saturated heterocycles. The summed E-state index contributed by atoms with van der Waals surface area (Å²) in [6.07, 6.45) is 0. The number of hydrogen-bond donors (Lipinski definition) is 2. The number of H-pyrrole nitrogens is 1. The average Bonchev–Trinajstić information content (AvgIpc) is 2.46. The molecule has 15 heavy (non-hydrogen) atoms. The number of nitrogens with zero attached hydrogens (tertiary/aromatic N) is 1. The minimum Gasteiger partial charge on any atom is -0.316 e. The number of fused-ring (bicyclic) bond motifs is 1. The van der Waals surface area contributed by atoms with E-state index in [4.69, 9.17) is 11.6 Å². The van der Waals surface area contributed by atoms with Crippen LogP contribution >= 0.6 is 11.6 Å². The molecule has 2 aromatic rings. The van der Waals surface area contributed by atoms with Gasteiger partial charge in [-0.2, -0.15) is 0 Å². The van der Waals surface area contributed by atoms with Crippen LogP contribution in [0.3, 0.4) is 0 Å². The summed E-state index contributed by atoms with van der Waals surface area (Å²) in [6.45, 7) is 0.686. The van der Waals surface area contributed by atoms with E-state index in [-0.39, 0.29) is 5.69 Å². The van der Waals surface area contributed by atoms with Crippen LogP contribution in [0.15, 0.2) is 16.9 Å². The third-order valence-corrected chi connectivity index (χ3v) is 2.79. The Morgan fingerprint density at radius 3 is 2.93 bits per heavy atom. The summed E-state index contributed by atoms with van der Waals surface area (Å²) in [7, 11) is 3.57. The highest BCUT2D eigenvalue weighted by Crippen LogP contribution is 2.21. The smallest absolute Gasteiger partial charge is 0.316 e. The monoisotopic (exact) mass is 225 g/mol. The first-order valence-corrected chi connectivity index (χ1v) is 5.03. The largest absolute Gasteiger partial charge is 0.326 e. The van der Waals surface area contributed by atoms with Crippen molar-refractivity contribution in [2.75, 3.05) is 7.05 Å². The fourth-order valence-electron chi connectivity index (χ4n) is 1.62. The molecule has 0 aliphatic carbocycles. The Kier molecular flexibility index (Phi) is 2.54. The Morgan fingerprint density at radius 1 is 1.53 bits per heavy atom. The van der Waals surface area contributed by atoms with Gasteiger partial charge >= 0.3 is 5.69 Å². The van der Waals surface area contributed by atoms with Crippen LogP contribution in [0.2, 0.25) is 5.02 Å². The first-order valence-electron chi connectivity index (χ1n) is 4.65. The fourth-order valence-corrected chi connectivity index (χ4v) is 1.84. The van der Waals surface area contributed by atoms with E-state index in [0.29, 0.717) is 11.6 Å². The van der Waals surface area contributed by atoms with Crippen molar-refractivity contribution in [3.05, 3.63) is 33.2 Å². The van der Waals surface area contributed by atoms with Crippen LogP contribution in [0.5, 0.6) is 0 Å². The van der Waals surface area contributed by atoms with E-state index in [1.165, 1.54) is 0 Å². The van der Waals surface area contributed by atoms with Crippen molar-refractivity contribution < 1.29 is 0 Å². The Hall–Kier alpha value is -1.26. The minimum absolute atomic E-state index is 0.123. The first-order chi connectivity index (χ1) is 7.13. The molecule has 2 N–H and O–H groups in total. The van der Waals surface area contributed by atoms with Gasteiger partial charge in [-0.05, 0) is 24.7 Å². The normalized spacial score (nSPS) is 11.1. The molecule has 0 saturated carbocycles. The van der Waals surface area contributed by atoms with Crippen LogP contribution in [0.25, 0.3) is 11.0 Å².